The van der Waals surface area contributed by atoms with Crippen molar-refractivity contribution in [3.05, 3.63) is 164 Å². The lowest BCUT2D eigenvalue weighted by Crippen LogP contribution is -2.61. The van der Waals surface area contributed by atoms with Gasteiger partial charge in [-0.3, -0.25) is 0 Å². The highest BCUT2D eigenvalue weighted by molar-refractivity contribution is 7.26. The number of thiophene rings is 1. The van der Waals surface area contributed by atoms with Crippen molar-refractivity contribution in [2.24, 2.45) is 0 Å². The van der Waals surface area contributed by atoms with E-state index < -0.39 is 0 Å². The topological polar surface area (TPSA) is 6.48 Å². The summed E-state index contributed by atoms with van der Waals surface area (Å²) in [5, 5.41) is 2.64. The lowest BCUT2D eigenvalue weighted by Gasteiger charge is -2.44. The molecule has 4 heteroatoms. The Morgan fingerprint density at radius 3 is 1.59 bits per heavy atom. The summed E-state index contributed by atoms with van der Waals surface area (Å²) in [5.41, 5.74) is 13.8. The predicted molar refractivity (Wildman–Crippen MR) is 199 cm³/mol. The molecule has 8 aromatic rings. The van der Waals surface area contributed by atoms with Crippen LogP contribution in [0, 0.1) is 0 Å². The van der Waals surface area contributed by atoms with Crippen LogP contribution in [0.2, 0.25) is 0 Å². The van der Waals surface area contributed by atoms with Gasteiger partial charge in [0.2, 0.25) is 0 Å². The first-order chi connectivity index (χ1) is 22.8. The molecule has 3 heterocycles. The maximum absolute atomic E-state index is 2.48. The molecular formula is C42H27BN2S. The van der Waals surface area contributed by atoms with Gasteiger partial charge in [0, 0.05) is 54.3 Å². The molecule has 0 saturated heterocycles. The van der Waals surface area contributed by atoms with Crippen LogP contribution in [0.3, 0.4) is 0 Å². The standard InChI is InChI=1S/C42H27BN2S/c1-3-14-29(15-4-1)44-36-23-10-8-21-34(36)43-35-22-9-11-24-37(35)45(30-16-5-2-6-17-30)39-27-28(26-38(44)41(39)43)31-19-13-20-33-32-18-7-12-25-40(32)46-42(31)33/h1-27H. The molecule has 2 aliphatic rings. The minimum absolute atomic E-state index is 0.117. The molecule has 10 rings (SSSR count). The van der Waals surface area contributed by atoms with E-state index in [1.165, 1.54) is 70.4 Å². The summed E-state index contributed by atoms with van der Waals surface area (Å²) in [5.74, 6) is 0. The molecule has 2 aliphatic heterocycles. The molecule has 0 amide bonds. The van der Waals surface area contributed by atoms with Crippen molar-refractivity contribution in [3.8, 4) is 11.1 Å². The monoisotopic (exact) mass is 602 g/mol. The molecule has 0 atom stereocenters. The number of rotatable bonds is 3. The van der Waals surface area contributed by atoms with Crippen LogP contribution in [0.1, 0.15) is 0 Å². The van der Waals surface area contributed by atoms with Gasteiger partial charge in [0.15, 0.2) is 0 Å². The minimum Gasteiger partial charge on any atom is -0.311 e. The van der Waals surface area contributed by atoms with Gasteiger partial charge in [-0.05, 0) is 82.1 Å². The van der Waals surface area contributed by atoms with Gasteiger partial charge < -0.3 is 9.80 Å². The molecule has 0 spiro atoms. The third-order valence-corrected chi connectivity index (χ3v) is 10.8. The average Bonchev–Trinajstić information content (AvgIpc) is 3.51. The quantitative estimate of drug-likeness (QED) is 0.186. The van der Waals surface area contributed by atoms with Gasteiger partial charge >= 0.3 is 0 Å². The Kier molecular flexibility index (Phi) is 5.57. The summed E-state index contributed by atoms with van der Waals surface area (Å²) >= 11 is 1.89. The van der Waals surface area contributed by atoms with Crippen LogP contribution in [-0.2, 0) is 0 Å². The zero-order valence-corrected chi connectivity index (χ0v) is 25.8. The fraction of sp³-hybridized carbons (Fsp3) is 0. The molecule has 0 N–H and O–H groups in total. The summed E-state index contributed by atoms with van der Waals surface area (Å²) in [6, 6.07) is 60.1. The fourth-order valence-electron chi connectivity index (χ4n) is 7.74. The molecule has 0 aliphatic carbocycles. The summed E-state index contributed by atoms with van der Waals surface area (Å²) < 4.78 is 2.65. The highest BCUT2D eigenvalue weighted by Gasteiger charge is 2.43. The molecule has 0 fully saturated rings. The largest absolute Gasteiger partial charge is 0.311 e. The molecule has 0 unspecified atom stereocenters. The smallest absolute Gasteiger partial charge is 0.252 e. The zero-order valence-electron chi connectivity index (χ0n) is 25.0. The molecule has 7 aromatic carbocycles. The van der Waals surface area contributed by atoms with Crippen molar-refractivity contribution in [3.63, 3.8) is 0 Å². The van der Waals surface area contributed by atoms with Crippen LogP contribution in [0.4, 0.5) is 34.1 Å². The lowest BCUT2D eigenvalue weighted by atomic mass is 9.33. The Balaban J connectivity index is 1.34. The first-order valence-corrected chi connectivity index (χ1v) is 16.6. The predicted octanol–water partition coefficient (Wildman–Crippen LogP) is 9.80. The highest BCUT2D eigenvalue weighted by Crippen LogP contribution is 2.47. The second-order valence-electron chi connectivity index (χ2n) is 12.1. The molecule has 2 nitrogen and oxygen atoms in total. The highest BCUT2D eigenvalue weighted by atomic mass is 32.1. The van der Waals surface area contributed by atoms with Crippen LogP contribution in [-0.4, -0.2) is 6.71 Å². The van der Waals surface area contributed by atoms with E-state index in [1.54, 1.807) is 0 Å². The Labute approximate surface area is 272 Å². The van der Waals surface area contributed by atoms with Gasteiger partial charge in [0.05, 0.1) is 0 Å². The zero-order chi connectivity index (χ0) is 30.2. The SMILES string of the molecule is c1ccc(N2c3ccccc3B3c4ccccc4N(c4ccccc4)c4cc(-c5cccc6c5sc5ccccc56)cc2c43)cc1. The van der Waals surface area contributed by atoms with Gasteiger partial charge in [-0.2, -0.15) is 0 Å². The van der Waals surface area contributed by atoms with Gasteiger partial charge in [-0.25, -0.2) is 0 Å². The van der Waals surface area contributed by atoms with Crippen LogP contribution < -0.4 is 26.2 Å². The van der Waals surface area contributed by atoms with Gasteiger partial charge in [-0.1, -0.05) is 109 Å². The van der Waals surface area contributed by atoms with Crippen molar-refractivity contribution in [2.75, 3.05) is 9.80 Å². The van der Waals surface area contributed by atoms with Crippen LogP contribution in [0.25, 0.3) is 31.3 Å². The number of para-hydroxylation sites is 4. The first-order valence-electron chi connectivity index (χ1n) is 15.8. The van der Waals surface area contributed by atoms with Crippen LogP contribution in [0.15, 0.2) is 164 Å². The third kappa shape index (κ3) is 3.65. The number of hydrogen-bond donors (Lipinski definition) is 0. The molecule has 1 aromatic heterocycles. The van der Waals surface area contributed by atoms with Crippen molar-refractivity contribution < 1.29 is 0 Å². The second kappa shape index (κ2) is 9.97. The summed E-state index contributed by atoms with van der Waals surface area (Å²) in [4.78, 5) is 4.96. The van der Waals surface area contributed by atoms with E-state index in [4.69, 9.17) is 0 Å². The van der Waals surface area contributed by atoms with Crippen LogP contribution in [0.5, 0.6) is 0 Å². The summed E-state index contributed by atoms with van der Waals surface area (Å²) in [7, 11) is 0. The molecular weight excluding hydrogens is 575 g/mol. The number of nitrogens with zero attached hydrogens (tertiary/aromatic N) is 2. The van der Waals surface area contributed by atoms with E-state index in [0.29, 0.717) is 0 Å². The first kappa shape index (κ1) is 25.7. The average molecular weight is 603 g/mol. The lowest BCUT2D eigenvalue weighted by molar-refractivity contribution is 1.25. The maximum Gasteiger partial charge on any atom is 0.252 e. The Morgan fingerprint density at radius 1 is 0.435 bits per heavy atom. The van der Waals surface area contributed by atoms with Crippen molar-refractivity contribution >= 4 is 88.7 Å². The van der Waals surface area contributed by atoms with Gasteiger partial charge in [-0.15, -0.1) is 11.3 Å². The van der Waals surface area contributed by atoms with E-state index in [1.807, 2.05) is 11.3 Å². The summed E-state index contributed by atoms with van der Waals surface area (Å²) in [6.45, 7) is 0.117. The van der Waals surface area contributed by atoms with E-state index in [2.05, 4.69) is 174 Å². The van der Waals surface area contributed by atoms with E-state index in [-0.39, 0.29) is 6.71 Å². The minimum atomic E-state index is 0.117. The van der Waals surface area contributed by atoms with Crippen molar-refractivity contribution in [1.82, 2.24) is 0 Å². The van der Waals surface area contributed by atoms with E-state index in [0.717, 1.165) is 11.4 Å². The van der Waals surface area contributed by atoms with E-state index >= 15 is 0 Å². The van der Waals surface area contributed by atoms with Gasteiger partial charge in [0.25, 0.3) is 6.71 Å². The van der Waals surface area contributed by atoms with E-state index in [9.17, 15) is 0 Å². The number of hydrogen-bond acceptors (Lipinski definition) is 3. The Bertz CT molecular complexity index is 2340. The molecule has 0 saturated carbocycles. The normalized spacial score (nSPS) is 13.1. The summed E-state index contributed by atoms with van der Waals surface area (Å²) in [6.07, 6.45) is 0. The number of anilines is 6. The van der Waals surface area contributed by atoms with Gasteiger partial charge in [0.1, 0.15) is 0 Å². The fourth-order valence-corrected chi connectivity index (χ4v) is 8.98. The molecule has 0 radical (unpaired) electrons. The number of benzene rings is 7. The molecule has 0 bridgehead atoms. The third-order valence-electron chi connectivity index (χ3n) is 9.63. The van der Waals surface area contributed by atoms with Crippen LogP contribution >= 0.6 is 11.3 Å². The van der Waals surface area contributed by atoms with Crippen molar-refractivity contribution in [1.29, 1.82) is 0 Å². The Morgan fingerprint density at radius 2 is 0.957 bits per heavy atom. The molecule has 214 valence electrons. The maximum atomic E-state index is 2.48. The second-order valence-corrected chi connectivity index (χ2v) is 13.2. The Hall–Kier alpha value is -5.58. The number of fused-ring (bicyclic) bond motifs is 7. The van der Waals surface area contributed by atoms with Crippen molar-refractivity contribution in [2.45, 2.75) is 0 Å². The molecule has 46 heavy (non-hydrogen) atoms.